The summed E-state index contributed by atoms with van der Waals surface area (Å²) in [7, 11) is -3.55. The van der Waals surface area contributed by atoms with Gasteiger partial charge in [-0.3, -0.25) is 9.05 Å². The average molecular weight is 254 g/mol. The third kappa shape index (κ3) is 2.52. The van der Waals surface area contributed by atoms with Crippen molar-refractivity contribution in [1.29, 1.82) is 0 Å². The van der Waals surface area contributed by atoms with E-state index in [-0.39, 0.29) is 13.2 Å². The normalized spacial score (nSPS) is 32.7. The molecule has 0 aromatic rings. The molecule has 2 fully saturated rings. The van der Waals surface area contributed by atoms with Gasteiger partial charge in [0.1, 0.15) is 0 Å². The second kappa shape index (κ2) is 4.40. The highest BCUT2D eigenvalue weighted by molar-refractivity contribution is 7.48. The Hall–Kier alpha value is -1.11. The Morgan fingerprint density at radius 3 is 2.62 bits per heavy atom. The Labute approximate surface area is 89.7 Å². The molecule has 0 amide bonds. The maximum atomic E-state index is 12.8. The molecule has 9 heteroatoms. The standard InChI is InChI=1S/C7H8FO7P/c8-6-5(14-7(9)15-6)1-2-11-16(10)12-3-4-13-16/h1-2,5-6H,3-4H2/b2-1+. The average Bonchev–Trinajstić information content (AvgIpc) is 2.75. The van der Waals surface area contributed by atoms with Crippen LogP contribution in [0.1, 0.15) is 0 Å². The van der Waals surface area contributed by atoms with E-state index in [4.69, 9.17) is 0 Å². The second-order valence-electron chi connectivity index (χ2n) is 2.85. The van der Waals surface area contributed by atoms with Gasteiger partial charge in [-0.2, -0.15) is 4.39 Å². The second-order valence-corrected chi connectivity index (χ2v) is 4.47. The van der Waals surface area contributed by atoms with Gasteiger partial charge in [0.25, 0.3) is 6.36 Å². The molecule has 16 heavy (non-hydrogen) atoms. The van der Waals surface area contributed by atoms with Crippen LogP contribution in [0.25, 0.3) is 0 Å². The van der Waals surface area contributed by atoms with E-state index in [1.54, 1.807) is 0 Å². The lowest BCUT2D eigenvalue weighted by atomic mass is 10.3. The van der Waals surface area contributed by atoms with Gasteiger partial charge < -0.3 is 14.0 Å². The van der Waals surface area contributed by atoms with Gasteiger partial charge in [0.05, 0.1) is 19.5 Å². The van der Waals surface area contributed by atoms with E-state index in [9.17, 15) is 13.8 Å². The summed E-state index contributed by atoms with van der Waals surface area (Å²) in [5.41, 5.74) is 0. The number of halogens is 1. The smallest absolute Gasteiger partial charge is 0.419 e. The van der Waals surface area contributed by atoms with E-state index in [0.717, 1.165) is 12.3 Å². The van der Waals surface area contributed by atoms with Gasteiger partial charge in [-0.15, -0.1) is 0 Å². The minimum atomic E-state index is -3.55. The fourth-order valence-electron chi connectivity index (χ4n) is 1.06. The van der Waals surface area contributed by atoms with E-state index in [1.807, 2.05) is 0 Å². The molecule has 2 heterocycles. The number of rotatable bonds is 3. The van der Waals surface area contributed by atoms with Crippen molar-refractivity contribution in [1.82, 2.24) is 0 Å². The van der Waals surface area contributed by atoms with Gasteiger partial charge in [0, 0.05) is 0 Å². The lowest BCUT2D eigenvalue weighted by Crippen LogP contribution is -2.14. The molecule has 90 valence electrons. The number of alkyl halides is 1. The van der Waals surface area contributed by atoms with Crippen molar-refractivity contribution < 1.29 is 36.8 Å². The zero-order valence-corrected chi connectivity index (χ0v) is 8.80. The topological polar surface area (TPSA) is 80.3 Å². The number of cyclic esters (lactones) is 2. The van der Waals surface area contributed by atoms with Gasteiger partial charge >= 0.3 is 14.0 Å². The van der Waals surface area contributed by atoms with Gasteiger partial charge in [-0.25, -0.2) is 9.36 Å². The highest BCUT2D eigenvalue weighted by Gasteiger charge is 2.36. The van der Waals surface area contributed by atoms with E-state index in [1.165, 1.54) is 0 Å². The molecule has 0 bridgehead atoms. The molecule has 2 aliphatic heterocycles. The molecule has 0 saturated carbocycles. The molecule has 0 radical (unpaired) electrons. The number of ether oxygens (including phenoxy) is 2. The molecule has 2 atom stereocenters. The van der Waals surface area contributed by atoms with Crippen LogP contribution in [-0.2, 0) is 27.6 Å². The zero-order chi connectivity index (χ0) is 11.6. The molecule has 0 spiro atoms. The largest absolute Gasteiger partial charge is 0.529 e. The van der Waals surface area contributed by atoms with E-state index in [2.05, 4.69) is 23.0 Å². The van der Waals surface area contributed by atoms with Gasteiger partial charge in [-0.1, -0.05) is 0 Å². The zero-order valence-electron chi connectivity index (χ0n) is 7.91. The molecule has 2 saturated heterocycles. The summed E-state index contributed by atoms with van der Waals surface area (Å²) >= 11 is 0. The van der Waals surface area contributed by atoms with E-state index < -0.39 is 26.4 Å². The first-order valence-electron chi connectivity index (χ1n) is 4.35. The highest BCUT2D eigenvalue weighted by atomic mass is 31.2. The lowest BCUT2D eigenvalue weighted by Gasteiger charge is -2.07. The first-order chi connectivity index (χ1) is 7.59. The van der Waals surface area contributed by atoms with Crippen LogP contribution in [0.15, 0.2) is 12.3 Å². The van der Waals surface area contributed by atoms with Crippen molar-refractivity contribution in [3.8, 4) is 0 Å². The SMILES string of the molecule is O=C1OC(F)C(/C=C/OP2(=O)OCCO2)O1. The molecule has 2 rings (SSSR count). The van der Waals surface area contributed by atoms with Crippen molar-refractivity contribution in [2.45, 2.75) is 12.5 Å². The number of hydrogen-bond acceptors (Lipinski definition) is 7. The quantitative estimate of drug-likeness (QED) is 0.429. The maximum absolute atomic E-state index is 12.8. The molecular formula is C7H8FO7P. The van der Waals surface area contributed by atoms with Crippen LogP contribution in [0, 0.1) is 0 Å². The van der Waals surface area contributed by atoms with Crippen LogP contribution in [0.3, 0.4) is 0 Å². The lowest BCUT2D eigenvalue weighted by molar-refractivity contribution is 0.0442. The van der Waals surface area contributed by atoms with Crippen molar-refractivity contribution in [3.63, 3.8) is 0 Å². The minimum absolute atomic E-state index is 0.165. The summed E-state index contributed by atoms with van der Waals surface area (Å²) < 4.78 is 46.7. The summed E-state index contributed by atoms with van der Waals surface area (Å²) in [5, 5.41) is 0. The number of phosphoric acid groups is 1. The van der Waals surface area contributed by atoms with Crippen LogP contribution >= 0.6 is 7.82 Å². The molecule has 2 unspecified atom stereocenters. The molecule has 0 aromatic heterocycles. The number of hydrogen-bond donors (Lipinski definition) is 0. The Morgan fingerprint density at radius 1 is 1.38 bits per heavy atom. The van der Waals surface area contributed by atoms with Gasteiger partial charge in [0.2, 0.25) is 0 Å². The van der Waals surface area contributed by atoms with Crippen molar-refractivity contribution in [2.75, 3.05) is 13.2 Å². The van der Waals surface area contributed by atoms with Crippen LogP contribution in [0.5, 0.6) is 0 Å². The van der Waals surface area contributed by atoms with Crippen LogP contribution in [0.4, 0.5) is 9.18 Å². The number of carbonyl (C=O) groups excluding carboxylic acids is 1. The molecule has 0 aromatic carbocycles. The monoisotopic (exact) mass is 254 g/mol. The van der Waals surface area contributed by atoms with Crippen molar-refractivity contribution in [3.05, 3.63) is 12.3 Å². The molecular weight excluding hydrogens is 246 g/mol. The predicted octanol–water partition coefficient (Wildman–Crippen LogP) is 1.50. The third-order valence-corrected chi connectivity index (χ3v) is 3.12. The molecule has 7 nitrogen and oxygen atoms in total. The summed E-state index contributed by atoms with van der Waals surface area (Å²) in [6.45, 7) is 0.330. The Bertz CT molecular complexity index is 347. The molecule has 0 N–H and O–H groups in total. The fraction of sp³-hybridized carbons (Fsp3) is 0.571. The predicted molar refractivity (Wildman–Crippen MR) is 46.0 cm³/mol. The first kappa shape index (κ1) is 11.4. The van der Waals surface area contributed by atoms with Gasteiger partial charge in [0.15, 0.2) is 6.10 Å². The van der Waals surface area contributed by atoms with Crippen molar-refractivity contribution in [2.24, 2.45) is 0 Å². The van der Waals surface area contributed by atoms with Crippen molar-refractivity contribution >= 4 is 14.0 Å². The highest BCUT2D eigenvalue weighted by Crippen LogP contribution is 2.52. The van der Waals surface area contributed by atoms with Gasteiger partial charge in [-0.05, 0) is 6.08 Å². The molecule has 0 aliphatic carbocycles. The first-order valence-corrected chi connectivity index (χ1v) is 5.81. The summed E-state index contributed by atoms with van der Waals surface area (Å²) in [6.07, 6.45) is -2.30. The van der Waals surface area contributed by atoms with Crippen LogP contribution < -0.4 is 0 Å². The number of phosphoric ester groups is 1. The van der Waals surface area contributed by atoms with Crippen LogP contribution in [0.2, 0.25) is 0 Å². The fourth-order valence-corrected chi connectivity index (χ4v) is 2.07. The maximum Gasteiger partial charge on any atom is 0.529 e. The summed E-state index contributed by atoms with van der Waals surface area (Å²) in [6, 6.07) is 0. The number of carbonyl (C=O) groups is 1. The minimum Gasteiger partial charge on any atom is -0.419 e. The summed E-state index contributed by atoms with van der Waals surface area (Å²) in [5.74, 6) is 0. The third-order valence-electron chi connectivity index (χ3n) is 1.74. The summed E-state index contributed by atoms with van der Waals surface area (Å²) in [4.78, 5) is 10.5. The Kier molecular flexibility index (Phi) is 3.13. The Balaban J connectivity index is 1.85. The Morgan fingerprint density at radius 2 is 2.06 bits per heavy atom. The van der Waals surface area contributed by atoms with E-state index in [0.29, 0.717) is 0 Å². The molecule has 2 aliphatic rings. The van der Waals surface area contributed by atoms with E-state index >= 15 is 0 Å². The van der Waals surface area contributed by atoms with Crippen LogP contribution in [-0.4, -0.2) is 31.8 Å².